The highest BCUT2D eigenvalue weighted by Gasteiger charge is 2.26. The lowest BCUT2D eigenvalue weighted by Crippen LogP contribution is -2.29. The standard InChI is InChI=1S/C10H12Cl2O2/c1-2-10(14,6-13)7-3-4-8(11)9(12)5-7/h3-5,13-14H,2,6H2,1H3. The third-order valence-corrected chi connectivity index (χ3v) is 3.04. The predicted octanol–water partition coefficient (Wildman–Crippen LogP) is 2.58. The molecule has 78 valence electrons. The maximum Gasteiger partial charge on any atom is 0.112 e. The van der Waals surface area contributed by atoms with Crippen molar-refractivity contribution in [1.29, 1.82) is 0 Å². The molecular formula is C10H12Cl2O2. The van der Waals surface area contributed by atoms with Crippen LogP contribution in [0.3, 0.4) is 0 Å². The highest BCUT2D eigenvalue weighted by Crippen LogP contribution is 2.30. The van der Waals surface area contributed by atoms with Crippen LogP contribution in [0.2, 0.25) is 10.0 Å². The Morgan fingerprint density at radius 3 is 2.36 bits per heavy atom. The molecule has 0 aromatic heterocycles. The summed E-state index contributed by atoms with van der Waals surface area (Å²) in [6.07, 6.45) is 0.418. The molecule has 0 aliphatic heterocycles. The van der Waals surface area contributed by atoms with Gasteiger partial charge in [-0.05, 0) is 24.1 Å². The molecular weight excluding hydrogens is 223 g/mol. The molecule has 2 nitrogen and oxygen atoms in total. The SMILES string of the molecule is CCC(O)(CO)c1ccc(Cl)c(Cl)c1. The zero-order valence-electron chi connectivity index (χ0n) is 7.80. The summed E-state index contributed by atoms with van der Waals surface area (Å²) in [4.78, 5) is 0. The van der Waals surface area contributed by atoms with Crippen molar-refractivity contribution < 1.29 is 10.2 Å². The maximum atomic E-state index is 9.96. The van der Waals surface area contributed by atoms with Crippen LogP contribution >= 0.6 is 23.2 Å². The second-order valence-corrected chi connectivity index (χ2v) is 3.99. The molecule has 4 heteroatoms. The number of hydrogen-bond donors (Lipinski definition) is 2. The number of hydrogen-bond acceptors (Lipinski definition) is 2. The van der Waals surface area contributed by atoms with Crippen LogP contribution in [0.5, 0.6) is 0 Å². The summed E-state index contributed by atoms with van der Waals surface area (Å²) in [5, 5.41) is 19.9. The summed E-state index contributed by atoms with van der Waals surface area (Å²) in [6, 6.07) is 4.84. The van der Waals surface area contributed by atoms with Gasteiger partial charge in [-0.15, -0.1) is 0 Å². The maximum absolute atomic E-state index is 9.96. The van der Waals surface area contributed by atoms with Crippen LogP contribution < -0.4 is 0 Å². The van der Waals surface area contributed by atoms with Gasteiger partial charge in [0.2, 0.25) is 0 Å². The van der Waals surface area contributed by atoms with E-state index in [-0.39, 0.29) is 6.61 Å². The highest BCUT2D eigenvalue weighted by atomic mass is 35.5. The molecule has 0 aliphatic carbocycles. The van der Waals surface area contributed by atoms with Gasteiger partial charge in [0.05, 0.1) is 16.7 Å². The predicted molar refractivity (Wildman–Crippen MR) is 57.7 cm³/mol. The summed E-state index contributed by atoms with van der Waals surface area (Å²) in [5.74, 6) is 0. The first-order valence-electron chi connectivity index (χ1n) is 4.32. The number of aliphatic hydroxyl groups excluding tert-OH is 1. The van der Waals surface area contributed by atoms with Crippen LogP contribution in [0.1, 0.15) is 18.9 Å². The molecule has 2 N–H and O–H groups in total. The van der Waals surface area contributed by atoms with Gasteiger partial charge in [0, 0.05) is 0 Å². The molecule has 0 saturated heterocycles. The number of halogens is 2. The second-order valence-electron chi connectivity index (χ2n) is 3.17. The van der Waals surface area contributed by atoms with Crippen LogP contribution in [-0.4, -0.2) is 16.8 Å². The molecule has 0 radical (unpaired) electrons. The van der Waals surface area contributed by atoms with Crippen molar-refractivity contribution in [3.8, 4) is 0 Å². The van der Waals surface area contributed by atoms with Gasteiger partial charge < -0.3 is 10.2 Å². The van der Waals surface area contributed by atoms with E-state index in [0.29, 0.717) is 22.0 Å². The van der Waals surface area contributed by atoms with Crippen molar-refractivity contribution in [2.45, 2.75) is 18.9 Å². The van der Waals surface area contributed by atoms with E-state index in [2.05, 4.69) is 0 Å². The Labute approximate surface area is 93.1 Å². The van der Waals surface area contributed by atoms with Gasteiger partial charge in [-0.25, -0.2) is 0 Å². The van der Waals surface area contributed by atoms with Gasteiger partial charge in [0.25, 0.3) is 0 Å². The van der Waals surface area contributed by atoms with E-state index in [4.69, 9.17) is 28.3 Å². The molecule has 0 fully saturated rings. The zero-order valence-corrected chi connectivity index (χ0v) is 9.31. The smallest absolute Gasteiger partial charge is 0.112 e. The number of benzene rings is 1. The van der Waals surface area contributed by atoms with Crippen molar-refractivity contribution >= 4 is 23.2 Å². The van der Waals surface area contributed by atoms with E-state index in [9.17, 15) is 5.11 Å². The lowest BCUT2D eigenvalue weighted by atomic mass is 9.92. The minimum absolute atomic E-state index is 0.332. The third kappa shape index (κ3) is 2.20. The first kappa shape index (κ1) is 11.8. The van der Waals surface area contributed by atoms with Crippen molar-refractivity contribution in [3.05, 3.63) is 33.8 Å². The van der Waals surface area contributed by atoms with Crippen LogP contribution in [0, 0.1) is 0 Å². The topological polar surface area (TPSA) is 40.5 Å². The molecule has 1 unspecified atom stereocenters. The largest absolute Gasteiger partial charge is 0.393 e. The average molecular weight is 235 g/mol. The molecule has 1 atom stereocenters. The lowest BCUT2D eigenvalue weighted by Gasteiger charge is -2.24. The van der Waals surface area contributed by atoms with Gasteiger partial charge in [-0.2, -0.15) is 0 Å². The van der Waals surface area contributed by atoms with E-state index >= 15 is 0 Å². The minimum Gasteiger partial charge on any atom is -0.393 e. The summed E-state index contributed by atoms with van der Waals surface area (Å²) < 4.78 is 0. The van der Waals surface area contributed by atoms with E-state index in [0.717, 1.165) is 0 Å². The molecule has 14 heavy (non-hydrogen) atoms. The second kappa shape index (κ2) is 4.49. The monoisotopic (exact) mass is 234 g/mol. The Kier molecular flexibility index (Phi) is 3.78. The van der Waals surface area contributed by atoms with Crippen LogP contribution in [0.4, 0.5) is 0 Å². The van der Waals surface area contributed by atoms with Crippen LogP contribution in [0.15, 0.2) is 18.2 Å². The molecule has 1 aromatic carbocycles. The first-order valence-corrected chi connectivity index (χ1v) is 5.08. The Bertz CT molecular complexity index is 322. The van der Waals surface area contributed by atoms with Gasteiger partial charge in [-0.1, -0.05) is 36.2 Å². The molecule has 0 bridgehead atoms. The molecule has 0 aliphatic rings. The summed E-state index contributed by atoms with van der Waals surface area (Å²) in [7, 11) is 0. The molecule has 0 saturated carbocycles. The van der Waals surface area contributed by atoms with Crippen LogP contribution in [-0.2, 0) is 5.60 Å². The fourth-order valence-corrected chi connectivity index (χ4v) is 1.49. The summed E-state index contributed by atoms with van der Waals surface area (Å²) in [6.45, 7) is 1.46. The molecule has 0 heterocycles. The van der Waals surface area contributed by atoms with Gasteiger partial charge in [0.15, 0.2) is 0 Å². The van der Waals surface area contributed by atoms with E-state index in [1.54, 1.807) is 25.1 Å². The number of rotatable bonds is 3. The van der Waals surface area contributed by atoms with Crippen molar-refractivity contribution in [1.82, 2.24) is 0 Å². The Morgan fingerprint density at radius 1 is 1.29 bits per heavy atom. The normalized spacial score (nSPS) is 15.2. The summed E-state index contributed by atoms with van der Waals surface area (Å²) >= 11 is 11.6. The molecule has 0 spiro atoms. The molecule has 1 rings (SSSR count). The third-order valence-electron chi connectivity index (χ3n) is 2.30. The fraction of sp³-hybridized carbons (Fsp3) is 0.400. The van der Waals surface area contributed by atoms with Crippen molar-refractivity contribution in [2.24, 2.45) is 0 Å². The van der Waals surface area contributed by atoms with Gasteiger partial charge in [-0.3, -0.25) is 0 Å². The Hall–Kier alpha value is -0.280. The lowest BCUT2D eigenvalue weighted by molar-refractivity contribution is -0.0222. The minimum atomic E-state index is -1.23. The highest BCUT2D eigenvalue weighted by molar-refractivity contribution is 6.42. The van der Waals surface area contributed by atoms with E-state index in [1.807, 2.05) is 0 Å². The van der Waals surface area contributed by atoms with E-state index < -0.39 is 5.60 Å². The van der Waals surface area contributed by atoms with Crippen molar-refractivity contribution in [2.75, 3.05) is 6.61 Å². The van der Waals surface area contributed by atoms with Crippen molar-refractivity contribution in [3.63, 3.8) is 0 Å². The van der Waals surface area contributed by atoms with E-state index in [1.165, 1.54) is 0 Å². The summed E-state index contributed by atoms with van der Waals surface area (Å²) in [5.41, 5.74) is -0.647. The first-order chi connectivity index (χ1) is 6.53. The Morgan fingerprint density at radius 2 is 1.93 bits per heavy atom. The fourth-order valence-electron chi connectivity index (χ4n) is 1.19. The van der Waals surface area contributed by atoms with Gasteiger partial charge in [0.1, 0.15) is 5.60 Å². The average Bonchev–Trinajstić information content (AvgIpc) is 2.21. The van der Waals surface area contributed by atoms with Gasteiger partial charge >= 0.3 is 0 Å². The van der Waals surface area contributed by atoms with Crippen LogP contribution in [0.25, 0.3) is 0 Å². The number of aliphatic hydroxyl groups is 2. The molecule has 1 aromatic rings. The Balaban J connectivity index is 3.12. The molecule has 0 amide bonds. The zero-order chi connectivity index (χ0) is 10.8. The quantitative estimate of drug-likeness (QED) is 0.845.